The van der Waals surface area contributed by atoms with E-state index in [2.05, 4.69) is 5.32 Å². The molecule has 2 aliphatic rings. The normalized spacial score (nSPS) is 19.9. The van der Waals surface area contributed by atoms with Crippen LogP contribution in [0.4, 0.5) is 0 Å². The number of fused-ring (bicyclic) bond motifs is 1. The Hall–Kier alpha value is -1.36. The first kappa shape index (κ1) is 17.5. The first-order valence-corrected chi connectivity index (χ1v) is 9.97. The van der Waals surface area contributed by atoms with E-state index in [0.29, 0.717) is 19.3 Å². The zero-order chi connectivity index (χ0) is 16.8. The molecule has 0 bridgehead atoms. The Morgan fingerprint density at radius 2 is 1.79 bits per heavy atom. The van der Waals surface area contributed by atoms with Crippen LogP contribution in [0.15, 0.2) is 23.1 Å². The largest absolute Gasteiger partial charge is 0.490 e. The van der Waals surface area contributed by atoms with Gasteiger partial charge >= 0.3 is 0 Å². The summed E-state index contributed by atoms with van der Waals surface area (Å²) >= 11 is 1.58. The number of ether oxygens (including phenoxy) is 2. The van der Waals surface area contributed by atoms with Crippen molar-refractivity contribution >= 4 is 17.7 Å². The van der Waals surface area contributed by atoms with Crippen LogP contribution in [-0.4, -0.2) is 30.4 Å². The molecule has 5 heteroatoms. The van der Waals surface area contributed by atoms with Gasteiger partial charge in [-0.25, -0.2) is 0 Å². The van der Waals surface area contributed by atoms with Crippen LogP contribution in [0.3, 0.4) is 0 Å². The minimum atomic E-state index is -0.113. The summed E-state index contributed by atoms with van der Waals surface area (Å²) in [6.07, 6.45) is 8.20. The lowest BCUT2D eigenvalue weighted by molar-refractivity contribution is -0.121. The summed E-state index contributed by atoms with van der Waals surface area (Å²) < 4.78 is 11.4. The van der Waals surface area contributed by atoms with Crippen molar-refractivity contribution in [3.63, 3.8) is 0 Å². The van der Waals surface area contributed by atoms with Gasteiger partial charge in [-0.1, -0.05) is 25.7 Å². The smallest absolute Gasteiger partial charge is 0.233 e. The van der Waals surface area contributed by atoms with E-state index in [0.717, 1.165) is 35.7 Å². The van der Waals surface area contributed by atoms with Gasteiger partial charge in [0.1, 0.15) is 0 Å². The van der Waals surface area contributed by atoms with Crippen molar-refractivity contribution < 1.29 is 14.3 Å². The van der Waals surface area contributed by atoms with Crippen LogP contribution in [-0.2, 0) is 4.79 Å². The maximum Gasteiger partial charge on any atom is 0.233 e. The van der Waals surface area contributed by atoms with E-state index in [9.17, 15) is 4.79 Å². The second-order valence-electron chi connectivity index (χ2n) is 6.62. The maximum atomic E-state index is 12.5. The summed E-state index contributed by atoms with van der Waals surface area (Å²) in [7, 11) is 0. The second-order valence-corrected chi connectivity index (χ2v) is 8.03. The lowest BCUT2D eigenvalue weighted by Crippen LogP contribution is -2.39. The monoisotopic (exact) mass is 349 g/mol. The SMILES string of the molecule is C[C@H](Sc1ccc2c(c1)OCCCO2)C(=O)NC1CCCCCC1. The van der Waals surface area contributed by atoms with Crippen molar-refractivity contribution in [3.05, 3.63) is 18.2 Å². The van der Waals surface area contributed by atoms with Gasteiger partial charge < -0.3 is 14.8 Å². The van der Waals surface area contributed by atoms with Crippen molar-refractivity contribution in [1.29, 1.82) is 0 Å². The summed E-state index contributed by atoms with van der Waals surface area (Å²) in [5, 5.41) is 3.12. The lowest BCUT2D eigenvalue weighted by Gasteiger charge is -2.19. The van der Waals surface area contributed by atoms with Gasteiger partial charge in [0.2, 0.25) is 5.91 Å². The summed E-state index contributed by atoms with van der Waals surface area (Å²) in [5.41, 5.74) is 0. The zero-order valence-electron chi connectivity index (χ0n) is 14.4. The molecule has 4 nitrogen and oxygen atoms in total. The highest BCUT2D eigenvalue weighted by Gasteiger charge is 2.20. The fourth-order valence-electron chi connectivity index (χ4n) is 3.22. The Balaban J connectivity index is 1.56. The molecule has 1 saturated carbocycles. The molecule has 1 aliphatic heterocycles. The van der Waals surface area contributed by atoms with Crippen LogP contribution >= 0.6 is 11.8 Å². The van der Waals surface area contributed by atoms with Gasteiger partial charge in [0.25, 0.3) is 0 Å². The summed E-state index contributed by atoms with van der Waals surface area (Å²) in [6.45, 7) is 3.35. The fourth-order valence-corrected chi connectivity index (χ4v) is 4.12. The van der Waals surface area contributed by atoms with E-state index in [1.54, 1.807) is 11.8 Å². The molecule has 0 saturated heterocycles. The molecule has 0 unspecified atom stereocenters. The molecular weight excluding hydrogens is 322 g/mol. The van der Waals surface area contributed by atoms with Crippen LogP contribution < -0.4 is 14.8 Å². The molecule has 1 N–H and O–H groups in total. The number of thioether (sulfide) groups is 1. The molecule has 1 atom stereocenters. The number of nitrogens with one attached hydrogen (secondary N) is 1. The highest BCUT2D eigenvalue weighted by molar-refractivity contribution is 8.00. The van der Waals surface area contributed by atoms with E-state index in [-0.39, 0.29) is 11.2 Å². The molecule has 1 aliphatic carbocycles. The highest BCUT2D eigenvalue weighted by Crippen LogP contribution is 2.35. The highest BCUT2D eigenvalue weighted by atomic mass is 32.2. The van der Waals surface area contributed by atoms with Crippen LogP contribution in [0.2, 0.25) is 0 Å². The molecule has 1 aromatic rings. The second kappa shape index (κ2) is 8.65. The molecule has 0 radical (unpaired) electrons. The van der Waals surface area contributed by atoms with Gasteiger partial charge in [-0.3, -0.25) is 4.79 Å². The van der Waals surface area contributed by atoms with E-state index in [4.69, 9.17) is 9.47 Å². The van der Waals surface area contributed by atoms with Crippen LogP contribution in [0, 0.1) is 0 Å². The van der Waals surface area contributed by atoms with Gasteiger partial charge in [0, 0.05) is 17.4 Å². The van der Waals surface area contributed by atoms with Gasteiger partial charge in [-0.2, -0.15) is 0 Å². The predicted molar refractivity (Wildman–Crippen MR) is 97.0 cm³/mol. The maximum absolute atomic E-state index is 12.5. The minimum Gasteiger partial charge on any atom is -0.490 e. The summed E-state index contributed by atoms with van der Waals surface area (Å²) in [4.78, 5) is 13.5. The number of amides is 1. The standard InChI is InChI=1S/C19H27NO3S/c1-14(19(21)20-15-7-4-2-3-5-8-15)24-16-9-10-17-18(13-16)23-12-6-11-22-17/h9-10,13-15H,2-8,11-12H2,1H3,(H,20,21)/t14-/m0/s1. The third-order valence-corrected chi connectivity index (χ3v) is 5.70. The van der Waals surface area contributed by atoms with E-state index in [1.165, 1.54) is 25.7 Å². The molecule has 3 rings (SSSR count). The van der Waals surface area contributed by atoms with Crippen LogP contribution in [0.5, 0.6) is 11.5 Å². The molecule has 1 aromatic carbocycles. The molecular formula is C19H27NO3S. The van der Waals surface area contributed by atoms with Gasteiger partial charge in [0.05, 0.1) is 18.5 Å². The Bertz CT molecular complexity index is 556. The molecule has 1 fully saturated rings. The zero-order valence-corrected chi connectivity index (χ0v) is 15.2. The van der Waals surface area contributed by atoms with E-state index < -0.39 is 0 Å². The molecule has 1 heterocycles. The molecule has 1 amide bonds. The minimum absolute atomic E-state index is 0.113. The number of hydrogen-bond acceptors (Lipinski definition) is 4. The third kappa shape index (κ3) is 4.82. The predicted octanol–water partition coefficient (Wildman–Crippen LogP) is 4.17. The quantitative estimate of drug-likeness (QED) is 0.655. The van der Waals surface area contributed by atoms with Crippen molar-refractivity contribution in [2.45, 2.75) is 68.1 Å². The lowest BCUT2D eigenvalue weighted by atomic mass is 10.1. The third-order valence-electron chi connectivity index (χ3n) is 4.60. The number of hydrogen-bond donors (Lipinski definition) is 1. The molecule has 0 aromatic heterocycles. The Morgan fingerprint density at radius 1 is 1.08 bits per heavy atom. The Labute approximate surface area is 148 Å². The Morgan fingerprint density at radius 3 is 2.54 bits per heavy atom. The number of rotatable bonds is 4. The molecule has 132 valence electrons. The van der Waals surface area contributed by atoms with Crippen LogP contribution in [0.1, 0.15) is 51.9 Å². The average Bonchev–Trinajstić information content (AvgIpc) is 2.97. The first-order chi connectivity index (χ1) is 11.7. The van der Waals surface area contributed by atoms with Gasteiger partial charge in [-0.05, 0) is 38.0 Å². The summed E-state index contributed by atoms with van der Waals surface area (Å²) in [5.74, 6) is 1.72. The van der Waals surface area contributed by atoms with Gasteiger partial charge in [-0.15, -0.1) is 11.8 Å². The van der Waals surface area contributed by atoms with Gasteiger partial charge in [0.15, 0.2) is 11.5 Å². The van der Waals surface area contributed by atoms with Crippen molar-refractivity contribution in [2.24, 2.45) is 0 Å². The average molecular weight is 349 g/mol. The first-order valence-electron chi connectivity index (χ1n) is 9.09. The van der Waals surface area contributed by atoms with E-state index >= 15 is 0 Å². The number of benzene rings is 1. The molecule has 24 heavy (non-hydrogen) atoms. The number of carbonyl (C=O) groups is 1. The van der Waals surface area contributed by atoms with Crippen molar-refractivity contribution in [3.8, 4) is 11.5 Å². The van der Waals surface area contributed by atoms with Crippen LogP contribution in [0.25, 0.3) is 0 Å². The summed E-state index contributed by atoms with van der Waals surface area (Å²) in [6, 6.07) is 6.29. The van der Waals surface area contributed by atoms with Crippen molar-refractivity contribution in [1.82, 2.24) is 5.32 Å². The van der Waals surface area contributed by atoms with Crippen molar-refractivity contribution in [2.75, 3.05) is 13.2 Å². The van der Waals surface area contributed by atoms with E-state index in [1.807, 2.05) is 25.1 Å². The molecule has 0 spiro atoms. The fraction of sp³-hybridized carbons (Fsp3) is 0.632. The number of carbonyl (C=O) groups excluding carboxylic acids is 1. The topological polar surface area (TPSA) is 47.6 Å². The Kier molecular flexibility index (Phi) is 6.30.